The van der Waals surface area contributed by atoms with Gasteiger partial charge in [0.25, 0.3) is 0 Å². The Morgan fingerprint density at radius 2 is 2.21 bits per heavy atom. The Morgan fingerprint density at radius 3 is 3.12 bits per heavy atom. The highest BCUT2D eigenvalue weighted by Crippen LogP contribution is 2.43. The van der Waals surface area contributed by atoms with E-state index in [0.29, 0.717) is 19.0 Å². The number of rotatable bonds is 4. The number of nitrogens with zero attached hydrogens (tertiary/aromatic N) is 1. The molecule has 1 aliphatic carbocycles. The molecule has 2 heterocycles. The second kappa shape index (κ2) is 6.09. The fourth-order valence-corrected chi connectivity index (χ4v) is 4.48. The number of nitrogens with one attached hydrogen (secondary N) is 3. The number of amides is 1. The third-order valence-electron chi connectivity index (χ3n) is 5.79. The van der Waals surface area contributed by atoms with Crippen LogP contribution in [0.15, 0.2) is 29.1 Å². The molecule has 2 aliphatic rings. The van der Waals surface area contributed by atoms with Crippen LogP contribution >= 0.6 is 0 Å². The van der Waals surface area contributed by atoms with Crippen molar-refractivity contribution in [2.45, 2.75) is 32.2 Å². The zero-order valence-corrected chi connectivity index (χ0v) is 13.8. The van der Waals surface area contributed by atoms with Crippen LogP contribution in [0.25, 0.3) is 11.0 Å². The standard InChI is InChI=1S/C18H24N4O2/c23-16(18-8-4-3-5-13(18)11-19-12-18)20-9-10-22-15-7-2-1-6-14(15)21-17(22)24/h1-2,6-7,13,19H,3-5,8-12H2,(H,20,23)(H,21,24)/t13-,18+/m0/s1. The summed E-state index contributed by atoms with van der Waals surface area (Å²) in [6, 6.07) is 7.63. The van der Waals surface area contributed by atoms with Crippen LogP contribution in [-0.4, -0.2) is 35.1 Å². The molecule has 2 aromatic rings. The van der Waals surface area contributed by atoms with Crippen molar-refractivity contribution in [2.75, 3.05) is 19.6 Å². The van der Waals surface area contributed by atoms with Gasteiger partial charge in [-0.2, -0.15) is 0 Å². The molecule has 0 unspecified atom stereocenters. The van der Waals surface area contributed by atoms with Gasteiger partial charge in [-0.05, 0) is 37.4 Å². The van der Waals surface area contributed by atoms with E-state index in [1.54, 1.807) is 4.57 Å². The molecule has 2 fully saturated rings. The van der Waals surface area contributed by atoms with Gasteiger partial charge in [-0.1, -0.05) is 25.0 Å². The van der Waals surface area contributed by atoms with Gasteiger partial charge in [-0.3, -0.25) is 9.36 Å². The number of aromatic amines is 1. The Morgan fingerprint density at radius 1 is 1.33 bits per heavy atom. The van der Waals surface area contributed by atoms with E-state index in [2.05, 4.69) is 15.6 Å². The third-order valence-corrected chi connectivity index (χ3v) is 5.79. The number of carbonyl (C=O) groups is 1. The second-order valence-corrected chi connectivity index (χ2v) is 7.08. The molecule has 6 heteroatoms. The molecule has 1 saturated carbocycles. The predicted octanol–water partition coefficient (Wildman–Crippen LogP) is 1.23. The molecule has 0 bridgehead atoms. The Balaban J connectivity index is 1.44. The van der Waals surface area contributed by atoms with Crippen molar-refractivity contribution >= 4 is 16.9 Å². The van der Waals surface area contributed by atoms with Crippen LogP contribution in [0.4, 0.5) is 0 Å². The third kappa shape index (κ3) is 2.45. The summed E-state index contributed by atoms with van der Waals surface area (Å²) in [7, 11) is 0. The SMILES string of the molecule is O=C(NCCn1c(=O)[nH]c2ccccc21)[C@@]12CCCC[C@H]1CNC2. The molecule has 1 aliphatic heterocycles. The number of aromatic nitrogens is 2. The highest BCUT2D eigenvalue weighted by atomic mass is 16.2. The first-order valence-corrected chi connectivity index (χ1v) is 8.87. The zero-order chi connectivity index (χ0) is 16.6. The number of H-pyrrole nitrogens is 1. The molecular weight excluding hydrogens is 304 g/mol. The largest absolute Gasteiger partial charge is 0.354 e. The number of carbonyl (C=O) groups excluding carboxylic acids is 1. The summed E-state index contributed by atoms with van der Waals surface area (Å²) in [4.78, 5) is 27.8. The average Bonchev–Trinajstić information content (AvgIpc) is 3.17. The molecule has 4 rings (SSSR count). The molecule has 6 nitrogen and oxygen atoms in total. The Kier molecular flexibility index (Phi) is 3.92. The number of imidazole rings is 1. The summed E-state index contributed by atoms with van der Waals surface area (Å²) in [5, 5.41) is 6.49. The summed E-state index contributed by atoms with van der Waals surface area (Å²) in [5.74, 6) is 0.618. The van der Waals surface area contributed by atoms with Gasteiger partial charge >= 0.3 is 5.69 Å². The van der Waals surface area contributed by atoms with Gasteiger partial charge in [0.05, 0.1) is 16.4 Å². The van der Waals surface area contributed by atoms with Crippen molar-refractivity contribution in [1.82, 2.24) is 20.2 Å². The Hall–Kier alpha value is -2.08. The molecule has 24 heavy (non-hydrogen) atoms. The van der Waals surface area contributed by atoms with Crippen molar-refractivity contribution in [2.24, 2.45) is 11.3 Å². The van der Waals surface area contributed by atoms with E-state index in [1.165, 1.54) is 6.42 Å². The molecule has 1 saturated heterocycles. The number of fused-ring (bicyclic) bond motifs is 2. The Labute approximate surface area is 140 Å². The highest BCUT2D eigenvalue weighted by molar-refractivity contribution is 5.84. The molecule has 2 atom stereocenters. The minimum absolute atomic E-state index is 0.123. The zero-order valence-electron chi connectivity index (χ0n) is 13.8. The molecule has 0 radical (unpaired) electrons. The van der Waals surface area contributed by atoms with Crippen molar-refractivity contribution < 1.29 is 4.79 Å². The van der Waals surface area contributed by atoms with Gasteiger partial charge in [0.2, 0.25) is 5.91 Å². The Bertz CT molecular complexity index is 809. The van der Waals surface area contributed by atoms with E-state index >= 15 is 0 Å². The summed E-state index contributed by atoms with van der Waals surface area (Å²) in [6.07, 6.45) is 4.48. The predicted molar refractivity (Wildman–Crippen MR) is 92.8 cm³/mol. The van der Waals surface area contributed by atoms with E-state index in [1.807, 2.05) is 24.3 Å². The molecule has 0 spiro atoms. The monoisotopic (exact) mass is 328 g/mol. The lowest BCUT2D eigenvalue weighted by molar-refractivity contribution is -0.134. The lowest BCUT2D eigenvalue weighted by Gasteiger charge is -2.37. The molecular formula is C18H24N4O2. The van der Waals surface area contributed by atoms with Gasteiger partial charge in [0.1, 0.15) is 0 Å². The molecule has 3 N–H and O–H groups in total. The van der Waals surface area contributed by atoms with E-state index < -0.39 is 0 Å². The lowest BCUT2D eigenvalue weighted by atomic mass is 9.67. The van der Waals surface area contributed by atoms with Crippen LogP contribution in [0, 0.1) is 11.3 Å². The van der Waals surface area contributed by atoms with E-state index in [9.17, 15) is 9.59 Å². The van der Waals surface area contributed by atoms with Gasteiger partial charge in [0, 0.05) is 19.6 Å². The van der Waals surface area contributed by atoms with Gasteiger partial charge in [-0.15, -0.1) is 0 Å². The van der Waals surface area contributed by atoms with Crippen LogP contribution < -0.4 is 16.3 Å². The van der Waals surface area contributed by atoms with Crippen LogP contribution in [0.2, 0.25) is 0 Å². The van der Waals surface area contributed by atoms with E-state index in [-0.39, 0.29) is 17.0 Å². The maximum atomic E-state index is 12.8. The van der Waals surface area contributed by atoms with E-state index in [4.69, 9.17) is 0 Å². The fourth-order valence-electron chi connectivity index (χ4n) is 4.48. The van der Waals surface area contributed by atoms with Gasteiger partial charge in [-0.25, -0.2) is 4.79 Å². The number of benzene rings is 1. The summed E-state index contributed by atoms with van der Waals surface area (Å²) < 4.78 is 1.69. The first-order chi connectivity index (χ1) is 11.7. The summed E-state index contributed by atoms with van der Waals surface area (Å²) >= 11 is 0. The normalized spacial score (nSPS) is 26.4. The minimum atomic E-state index is -0.233. The smallest absolute Gasteiger partial charge is 0.326 e. The molecule has 1 aromatic carbocycles. The first kappa shape index (κ1) is 15.4. The summed E-state index contributed by atoms with van der Waals surface area (Å²) in [5.41, 5.74) is 1.36. The van der Waals surface area contributed by atoms with Crippen LogP contribution in [0.1, 0.15) is 25.7 Å². The minimum Gasteiger partial charge on any atom is -0.354 e. The number of para-hydroxylation sites is 2. The van der Waals surface area contributed by atoms with E-state index in [0.717, 1.165) is 43.4 Å². The van der Waals surface area contributed by atoms with Crippen molar-refractivity contribution in [3.8, 4) is 0 Å². The number of hydrogen-bond acceptors (Lipinski definition) is 3. The lowest BCUT2D eigenvalue weighted by Crippen LogP contribution is -2.48. The second-order valence-electron chi connectivity index (χ2n) is 7.08. The average molecular weight is 328 g/mol. The number of hydrogen-bond donors (Lipinski definition) is 3. The summed E-state index contributed by atoms with van der Waals surface area (Å²) in [6.45, 7) is 2.71. The highest BCUT2D eigenvalue weighted by Gasteiger charge is 2.49. The van der Waals surface area contributed by atoms with Crippen molar-refractivity contribution in [1.29, 1.82) is 0 Å². The maximum absolute atomic E-state index is 12.8. The van der Waals surface area contributed by atoms with Crippen molar-refractivity contribution in [3.05, 3.63) is 34.7 Å². The first-order valence-electron chi connectivity index (χ1n) is 8.87. The van der Waals surface area contributed by atoms with Crippen LogP contribution in [-0.2, 0) is 11.3 Å². The quantitative estimate of drug-likeness (QED) is 0.790. The molecule has 1 amide bonds. The molecule has 1 aromatic heterocycles. The van der Waals surface area contributed by atoms with Crippen LogP contribution in [0.3, 0.4) is 0 Å². The fraction of sp³-hybridized carbons (Fsp3) is 0.556. The van der Waals surface area contributed by atoms with Gasteiger partial charge < -0.3 is 15.6 Å². The van der Waals surface area contributed by atoms with Gasteiger partial charge in [0.15, 0.2) is 0 Å². The topological polar surface area (TPSA) is 78.9 Å². The van der Waals surface area contributed by atoms with Crippen LogP contribution in [0.5, 0.6) is 0 Å². The maximum Gasteiger partial charge on any atom is 0.326 e. The van der Waals surface area contributed by atoms with Crippen molar-refractivity contribution in [3.63, 3.8) is 0 Å². The molecule has 128 valence electrons.